The van der Waals surface area contributed by atoms with E-state index in [0.717, 1.165) is 0 Å². The molecule has 2 aromatic rings. The molecule has 0 saturated carbocycles. The molecule has 0 amide bonds. The summed E-state index contributed by atoms with van der Waals surface area (Å²) in [5.41, 5.74) is 0.403. The molecule has 92 valence electrons. The lowest BCUT2D eigenvalue weighted by molar-refractivity contribution is 0.627. The molecule has 0 atom stereocenters. The highest BCUT2D eigenvalue weighted by Crippen LogP contribution is 2.12. The second-order valence-corrected chi connectivity index (χ2v) is 4.49. The minimum atomic E-state index is -0.331. The van der Waals surface area contributed by atoms with Crippen molar-refractivity contribution in [3.05, 3.63) is 65.5 Å². The molecule has 0 unspecified atom stereocenters. The van der Waals surface area contributed by atoms with Crippen LogP contribution < -0.4 is 5.56 Å². The fourth-order valence-corrected chi connectivity index (χ4v) is 2.07. The van der Waals surface area contributed by atoms with Gasteiger partial charge in [0.15, 0.2) is 5.03 Å². The van der Waals surface area contributed by atoms with Gasteiger partial charge in [-0.3, -0.25) is 9.36 Å². The van der Waals surface area contributed by atoms with E-state index in [2.05, 4.69) is 11.6 Å². The lowest BCUT2D eigenvalue weighted by Crippen LogP contribution is -2.20. The predicted octanol–water partition coefficient (Wildman–Crippen LogP) is 2.65. The van der Waals surface area contributed by atoms with Gasteiger partial charge in [0.2, 0.25) is 0 Å². The molecule has 0 spiro atoms. The zero-order chi connectivity index (χ0) is 13.0. The Balaban J connectivity index is 2.42. The van der Waals surface area contributed by atoms with Crippen molar-refractivity contribution in [2.75, 3.05) is 5.75 Å². The van der Waals surface area contributed by atoms with Gasteiger partial charge in [0.25, 0.3) is 5.56 Å². The van der Waals surface area contributed by atoms with Gasteiger partial charge in [-0.25, -0.2) is 9.37 Å². The number of hydrogen-bond donors (Lipinski definition) is 0. The monoisotopic (exact) mass is 262 g/mol. The third-order valence-corrected chi connectivity index (χ3v) is 3.21. The van der Waals surface area contributed by atoms with Crippen LogP contribution in [-0.2, 0) is 0 Å². The van der Waals surface area contributed by atoms with Crippen molar-refractivity contribution in [3.8, 4) is 5.69 Å². The maximum Gasteiger partial charge on any atom is 0.287 e. The Kier molecular flexibility index (Phi) is 3.94. The van der Waals surface area contributed by atoms with E-state index >= 15 is 0 Å². The molecular formula is C13H11FN2OS. The average molecular weight is 262 g/mol. The molecule has 0 fully saturated rings. The first-order valence-electron chi connectivity index (χ1n) is 5.29. The maximum absolute atomic E-state index is 12.8. The maximum atomic E-state index is 12.8. The Morgan fingerprint density at radius 3 is 2.78 bits per heavy atom. The molecule has 1 aromatic heterocycles. The lowest BCUT2D eigenvalue weighted by atomic mass is 10.3. The second kappa shape index (κ2) is 5.64. The molecular weight excluding hydrogens is 251 g/mol. The fraction of sp³-hybridized carbons (Fsp3) is 0.0769. The van der Waals surface area contributed by atoms with Crippen molar-refractivity contribution in [3.63, 3.8) is 0 Å². The van der Waals surface area contributed by atoms with Crippen LogP contribution in [-0.4, -0.2) is 15.3 Å². The summed E-state index contributed by atoms with van der Waals surface area (Å²) in [6.45, 7) is 3.60. The average Bonchev–Trinajstić information content (AvgIpc) is 2.39. The van der Waals surface area contributed by atoms with Crippen molar-refractivity contribution in [2.45, 2.75) is 5.03 Å². The topological polar surface area (TPSA) is 34.9 Å². The minimum absolute atomic E-state index is 0.212. The van der Waals surface area contributed by atoms with Crippen LogP contribution in [0.1, 0.15) is 0 Å². The normalized spacial score (nSPS) is 10.3. The van der Waals surface area contributed by atoms with Crippen molar-refractivity contribution < 1.29 is 4.39 Å². The molecule has 0 saturated heterocycles. The smallest absolute Gasteiger partial charge is 0.280 e. The zero-order valence-electron chi connectivity index (χ0n) is 9.54. The van der Waals surface area contributed by atoms with Crippen LogP contribution in [0.4, 0.5) is 4.39 Å². The van der Waals surface area contributed by atoms with Gasteiger partial charge in [-0.2, -0.15) is 0 Å². The van der Waals surface area contributed by atoms with Crippen molar-refractivity contribution in [1.29, 1.82) is 0 Å². The fourth-order valence-electron chi connectivity index (χ4n) is 1.44. The minimum Gasteiger partial charge on any atom is -0.280 e. The molecule has 0 radical (unpaired) electrons. The van der Waals surface area contributed by atoms with E-state index in [-0.39, 0.29) is 11.4 Å². The van der Waals surface area contributed by atoms with Gasteiger partial charge in [-0.05, 0) is 24.3 Å². The van der Waals surface area contributed by atoms with E-state index in [9.17, 15) is 9.18 Å². The highest BCUT2D eigenvalue weighted by atomic mass is 32.2. The number of aromatic nitrogens is 2. The summed E-state index contributed by atoms with van der Waals surface area (Å²) in [5, 5.41) is 0.404. The first-order chi connectivity index (χ1) is 8.72. The van der Waals surface area contributed by atoms with E-state index in [1.165, 1.54) is 28.5 Å². The highest BCUT2D eigenvalue weighted by Gasteiger charge is 2.06. The molecule has 2 rings (SSSR count). The first-order valence-corrected chi connectivity index (χ1v) is 6.28. The largest absolute Gasteiger partial charge is 0.287 e. The number of rotatable bonds is 4. The first kappa shape index (κ1) is 12.6. The Morgan fingerprint density at radius 1 is 1.39 bits per heavy atom. The molecule has 1 heterocycles. The summed E-state index contributed by atoms with van der Waals surface area (Å²) < 4.78 is 14.3. The molecule has 18 heavy (non-hydrogen) atoms. The van der Waals surface area contributed by atoms with Gasteiger partial charge in [-0.1, -0.05) is 17.8 Å². The second-order valence-electron chi connectivity index (χ2n) is 3.48. The Morgan fingerprint density at radius 2 is 2.11 bits per heavy atom. The Bertz CT molecular complexity index is 607. The lowest BCUT2D eigenvalue weighted by Gasteiger charge is -2.06. The summed E-state index contributed by atoms with van der Waals surface area (Å²) in [7, 11) is 0. The summed E-state index contributed by atoms with van der Waals surface area (Å²) >= 11 is 1.32. The summed E-state index contributed by atoms with van der Waals surface area (Å²) in [4.78, 5) is 16.1. The van der Waals surface area contributed by atoms with Gasteiger partial charge in [0.05, 0.1) is 0 Å². The summed E-state index contributed by atoms with van der Waals surface area (Å²) in [6.07, 6.45) is 4.82. The van der Waals surface area contributed by atoms with Crippen LogP contribution in [0, 0.1) is 5.82 Å². The molecule has 0 N–H and O–H groups in total. The van der Waals surface area contributed by atoms with E-state index in [1.807, 2.05) is 0 Å². The standard InChI is InChI=1S/C13H11FN2OS/c1-2-9-18-12-13(17)16(8-7-15-12)11-5-3-10(14)4-6-11/h2-8H,1,9H2. The summed E-state index contributed by atoms with van der Waals surface area (Å²) in [6, 6.07) is 5.74. The zero-order valence-corrected chi connectivity index (χ0v) is 10.4. The molecule has 0 aliphatic carbocycles. The highest BCUT2D eigenvalue weighted by molar-refractivity contribution is 7.99. The van der Waals surface area contributed by atoms with Crippen LogP contribution in [0.5, 0.6) is 0 Å². The van der Waals surface area contributed by atoms with E-state index in [1.54, 1.807) is 30.6 Å². The molecule has 0 aliphatic heterocycles. The van der Waals surface area contributed by atoms with Crippen molar-refractivity contribution in [2.24, 2.45) is 0 Å². The number of nitrogens with zero attached hydrogens (tertiary/aromatic N) is 2. The van der Waals surface area contributed by atoms with E-state index < -0.39 is 0 Å². The molecule has 1 aromatic carbocycles. The van der Waals surface area contributed by atoms with Gasteiger partial charge in [0.1, 0.15) is 5.82 Å². The van der Waals surface area contributed by atoms with Crippen LogP contribution in [0.2, 0.25) is 0 Å². The van der Waals surface area contributed by atoms with Gasteiger partial charge < -0.3 is 0 Å². The van der Waals surface area contributed by atoms with Gasteiger partial charge in [-0.15, -0.1) is 6.58 Å². The predicted molar refractivity (Wildman–Crippen MR) is 70.7 cm³/mol. The van der Waals surface area contributed by atoms with Crippen LogP contribution in [0.3, 0.4) is 0 Å². The Labute approximate surface area is 108 Å². The van der Waals surface area contributed by atoms with E-state index in [4.69, 9.17) is 0 Å². The van der Waals surface area contributed by atoms with Gasteiger partial charge in [0, 0.05) is 23.8 Å². The number of benzene rings is 1. The van der Waals surface area contributed by atoms with Crippen LogP contribution in [0.15, 0.2) is 59.1 Å². The third kappa shape index (κ3) is 2.68. The quantitative estimate of drug-likeness (QED) is 0.627. The number of hydrogen-bond acceptors (Lipinski definition) is 3. The van der Waals surface area contributed by atoms with Gasteiger partial charge >= 0.3 is 0 Å². The van der Waals surface area contributed by atoms with Crippen molar-refractivity contribution in [1.82, 2.24) is 9.55 Å². The number of halogens is 1. The van der Waals surface area contributed by atoms with Crippen LogP contribution >= 0.6 is 11.8 Å². The van der Waals surface area contributed by atoms with Crippen molar-refractivity contribution >= 4 is 11.8 Å². The molecule has 0 aliphatic rings. The van der Waals surface area contributed by atoms with E-state index in [0.29, 0.717) is 16.5 Å². The number of thioether (sulfide) groups is 1. The SMILES string of the molecule is C=CCSc1nccn(-c2ccc(F)cc2)c1=O. The van der Waals surface area contributed by atoms with Crippen LogP contribution in [0.25, 0.3) is 5.69 Å². The molecule has 0 bridgehead atoms. The molecule has 5 heteroatoms. The summed E-state index contributed by atoms with van der Waals surface area (Å²) in [5.74, 6) is 0.289. The molecule has 3 nitrogen and oxygen atoms in total. The Hall–Kier alpha value is -1.88. The third-order valence-electron chi connectivity index (χ3n) is 2.25.